The third kappa shape index (κ3) is 3.09. The lowest BCUT2D eigenvalue weighted by molar-refractivity contribution is 0.412. The Morgan fingerprint density at radius 3 is 2.55 bits per heavy atom. The number of rotatable bonds is 4. The fourth-order valence-electron chi connectivity index (χ4n) is 2.36. The summed E-state index contributed by atoms with van der Waals surface area (Å²) in [6.07, 6.45) is 2.16. The highest BCUT2D eigenvalue weighted by Gasteiger charge is 2.15. The molecule has 0 aliphatic rings. The molecule has 0 fully saturated rings. The molecule has 0 atom stereocenters. The van der Waals surface area contributed by atoms with Crippen LogP contribution in [-0.2, 0) is 6.42 Å². The molecular formula is C16H19N5O. The van der Waals surface area contributed by atoms with E-state index in [1.54, 1.807) is 13.3 Å². The fraction of sp³-hybridized carbons (Fsp3) is 0.312. The van der Waals surface area contributed by atoms with Gasteiger partial charge in [0.15, 0.2) is 0 Å². The summed E-state index contributed by atoms with van der Waals surface area (Å²) >= 11 is 0. The Labute approximate surface area is 129 Å². The van der Waals surface area contributed by atoms with Crippen molar-refractivity contribution in [1.29, 1.82) is 5.26 Å². The number of nitrogens with two attached hydrogens (primary N) is 2. The van der Waals surface area contributed by atoms with E-state index in [1.807, 2.05) is 12.1 Å². The second-order valence-corrected chi connectivity index (χ2v) is 5.33. The Hall–Kier alpha value is -2.81. The van der Waals surface area contributed by atoms with Crippen molar-refractivity contribution in [3.05, 3.63) is 40.6 Å². The van der Waals surface area contributed by atoms with Crippen molar-refractivity contribution < 1.29 is 4.74 Å². The van der Waals surface area contributed by atoms with Crippen molar-refractivity contribution in [2.24, 2.45) is 0 Å². The van der Waals surface area contributed by atoms with Crippen molar-refractivity contribution in [2.75, 3.05) is 18.6 Å². The SMILES string of the molecule is COc1cc(C(C)C)c(Cc2cnc(N)nc2N)cc1C#N. The van der Waals surface area contributed by atoms with Crippen LogP contribution in [-0.4, -0.2) is 17.1 Å². The highest BCUT2D eigenvalue weighted by atomic mass is 16.5. The summed E-state index contributed by atoms with van der Waals surface area (Å²) in [4.78, 5) is 7.96. The quantitative estimate of drug-likeness (QED) is 0.895. The van der Waals surface area contributed by atoms with E-state index in [9.17, 15) is 5.26 Å². The number of benzene rings is 1. The molecule has 6 nitrogen and oxygen atoms in total. The van der Waals surface area contributed by atoms with Gasteiger partial charge in [0.25, 0.3) is 0 Å². The first-order valence-electron chi connectivity index (χ1n) is 6.94. The molecular weight excluding hydrogens is 278 g/mol. The summed E-state index contributed by atoms with van der Waals surface area (Å²) in [6.45, 7) is 4.18. The normalized spacial score (nSPS) is 10.5. The van der Waals surface area contributed by atoms with Crippen LogP contribution in [0.5, 0.6) is 5.75 Å². The molecule has 114 valence electrons. The number of nitrogens with zero attached hydrogens (tertiary/aromatic N) is 3. The van der Waals surface area contributed by atoms with Crippen LogP contribution in [0.4, 0.5) is 11.8 Å². The zero-order chi connectivity index (χ0) is 16.3. The molecule has 1 aromatic carbocycles. The minimum Gasteiger partial charge on any atom is -0.495 e. The molecule has 22 heavy (non-hydrogen) atoms. The van der Waals surface area contributed by atoms with Gasteiger partial charge in [0.2, 0.25) is 5.95 Å². The molecule has 2 aromatic rings. The number of nitrogen functional groups attached to an aromatic ring is 2. The maximum Gasteiger partial charge on any atom is 0.221 e. The average molecular weight is 297 g/mol. The first kappa shape index (κ1) is 15.6. The van der Waals surface area contributed by atoms with Crippen molar-refractivity contribution in [3.63, 3.8) is 0 Å². The van der Waals surface area contributed by atoms with Crippen LogP contribution in [0.1, 0.15) is 42.0 Å². The first-order valence-corrected chi connectivity index (χ1v) is 6.94. The molecule has 0 saturated heterocycles. The van der Waals surface area contributed by atoms with Gasteiger partial charge in [0.05, 0.1) is 12.7 Å². The smallest absolute Gasteiger partial charge is 0.221 e. The first-order chi connectivity index (χ1) is 10.5. The van der Waals surface area contributed by atoms with Crippen LogP contribution in [0, 0.1) is 11.3 Å². The van der Waals surface area contributed by atoms with Gasteiger partial charge in [-0.2, -0.15) is 10.2 Å². The molecule has 0 radical (unpaired) electrons. The number of hydrogen-bond acceptors (Lipinski definition) is 6. The van der Waals surface area contributed by atoms with Gasteiger partial charge in [-0.25, -0.2) is 4.98 Å². The Balaban J connectivity index is 2.51. The maximum atomic E-state index is 9.26. The number of methoxy groups -OCH3 is 1. The largest absolute Gasteiger partial charge is 0.495 e. The van der Waals surface area contributed by atoms with E-state index in [0.717, 1.165) is 16.7 Å². The summed E-state index contributed by atoms with van der Waals surface area (Å²) < 4.78 is 5.28. The maximum absolute atomic E-state index is 9.26. The van der Waals surface area contributed by atoms with Crippen LogP contribution < -0.4 is 16.2 Å². The van der Waals surface area contributed by atoms with E-state index in [1.165, 1.54) is 0 Å². The molecule has 4 N–H and O–H groups in total. The topological polar surface area (TPSA) is 111 Å². The van der Waals surface area contributed by atoms with Crippen LogP contribution in [0.2, 0.25) is 0 Å². The average Bonchev–Trinajstić information content (AvgIpc) is 2.49. The standard InChI is InChI=1S/C16H19N5O/c1-9(2)13-6-14(22-3)11(7-17)4-10(13)5-12-8-20-16(19)21-15(12)18/h4,6,8-9H,5H2,1-3H3,(H4,18,19,20,21). The Morgan fingerprint density at radius 2 is 2.00 bits per heavy atom. The van der Waals surface area contributed by atoms with E-state index in [0.29, 0.717) is 23.6 Å². The molecule has 0 saturated carbocycles. The third-order valence-electron chi connectivity index (χ3n) is 3.50. The van der Waals surface area contributed by atoms with Crippen LogP contribution in [0.3, 0.4) is 0 Å². The van der Waals surface area contributed by atoms with E-state index < -0.39 is 0 Å². The highest BCUT2D eigenvalue weighted by Crippen LogP contribution is 2.30. The fourth-order valence-corrected chi connectivity index (χ4v) is 2.36. The van der Waals surface area contributed by atoms with Gasteiger partial charge in [0.1, 0.15) is 17.6 Å². The molecule has 0 bridgehead atoms. The van der Waals surface area contributed by atoms with Crippen LogP contribution >= 0.6 is 0 Å². The summed E-state index contributed by atoms with van der Waals surface area (Å²) in [5, 5.41) is 9.26. The number of aromatic nitrogens is 2. The zero-order valence-electron chi connectivity index (χ0n) is 12.9. The Kier molecular flexibility index (Phi) is 4.47. The summed E-state index contributed by atoms with van der Waals surface area (Å²) in [6, 6.07) is 5.90. The van der Waals surface area contributed by atoms with Crippen molar-refractivity contribution in [1.82, 2.24) is 9.97 Å². The summed E-state index contributed by atoms with van der Waals surface area (Å²) in [5.74, 6) is 1.37. The van der Waals surface area contributed by atoms with Gasteiger partial charge in [0, 0.05) is 18.2 Å². The third-order valence-corrected chi connectivity index (χ3v) is 3.50. The van der Waals surface area contributed by atoms with Crippen molar-refractivity contribution >= 4 is 11.8 Å². The number of anilines is 2. The number of hydrogen-bond donors (Lipinski definition) is 2. The highest BCUT2D eigenvalue weighted by molar-refractivity contribution is 5.53. The number of nitriles is 1. The van der Waals surface area contributed by atoms with Gasteiger partial charge in [-0.1, -0.05) is 13.8 Å². The Morgan fingerprint density at radius 1 is 1.27 bits per heavy atom. The zero-order valence-corrected chi connectivity index (χ0v) is 12.9. The summed E-state index contributed by atoms with van der Waals surface area (Å²) in [7, 11) is 1.56. The lowest BCUT2D eigenvalue weighted by atomic mass is 9.91. The molecule has 2 rings (SSSR count). The van der Waals surface area contributed by atoms with Gasteiger partial charge in [-0.15, -0.1) is 0 Å². The van der Waals surface area contributed by atoms with Gasteiger partial charge in [-0.3, -0.25) is 0 Å². The molecule has 0 amide bonds. The predicted octanol–water partition coefficient (Wildman–Crippen LogP) is 2.24. The van der Waals surface area contributed by atoms with Crippen molar-refractivity contribution in [2.45, 2.75) is 26.2 Å². The lowest BCUT2D eigenvalue weighted by Crippen LogP contribution is -2.06. The van der Waals surface area contributed by atoms with Crippen LogP contribution in [0.15, 0.2) is 18.3 Å². The van der Waals surface area contributed by atoms with Crippen LogP contribution in [0.25, 0.3) is 0 Å². The van der Waals surface area contributed by atoms with Gasteiger partial charge < -0.3 is 16.2 Å². The van der Waals surface area contributed by atoms with Gasteiger partial charge >= 0.3 is 0 Å². The number of ether oxygens (including phenoxy) is 1. The Bertz CT molecular complexity index is 734. The lowest BCUT2D eigenvalue weighted by Gasteiger charge is -2.16. The van der Waals surface area contributed by atoms with E-state index in [2.05, 4.69) is 29.9 Å². The second kappa shape index (κ2) is 6.31. The minimum atomic E-state index is 0.151. The molecule has 0 unspecified atom stereocenters. The monoisotopic (exact) mass is 297 g/mol. The second-order valence-electron chi connectivity index (χ2n) is 5.33. The van der Waals surface area contributed by atoms with E-state index in [-0.39, 0.29) is 11.9 Å². The molecule has 1 heterocycles. The molecule has 0 spiro atoms. The van der Waals surface area contributed by atoms with E-state index in [4.69, 9.17) is 16.2 Å². The van der Waals surface area contributed by atoms with Gasteiger partial charge in [-0.05, 0) is 29.2 Å². The molecule has 0 aliphatic heterocycles. The molecule has 6 heteroatoms. The molecule has 0 aliphatic carbocycles. The molecule has 1 aromatic heterocycles. The van der Waals surface area contributed by atoms with E-state index >= 15 is 0 Å². The summed E-state index contributed by atoms with van der Waals surface area (Å²) in [5.41, 5.74) is 14.8. The van der Waals surface area contributed by atoms with Crippen molar-refractivity contribution in [3.8, 4) is 11.8 Å². The predicted molar refractivity (Wildman–Crippen MR) is 85.5 cm³/mol. The minimum absolute atomic E-state index is 0.151.